The number of nitrogens with one attached hydrogen (secondary N) is 5. The maximum absolute atomic E-state index is 13.5. The van der Waals surface area contributed by atoms with E-state index in [0.29, 0.717) is 24.9 Å². The SMILES string of the molecule is NCCCC[C@H](NC(=O)[C@@H](N)CN)C(=O)N[C@@H](CS)C(=O)N[C@@H](CCN)C(=O)N[C@@H](CCCN=C(N)N)C(=O)N[C@@H](Cc1ccc(O)cc1)C(=O)O. The number of aliphatic carboxylic acids is 1. The Balaban J connectivity index is 3.14. The van der Waals surface area contributed by atoms with Crippen molar-refractivity contribution in [2.75, 3.05) is 31.9 Å². The Kier molecular flexibility index (Phi) is 21.3. The van der Waals surface area contributed by atoms with E-state index in [9.17, 15) is 39.0 Å². The molecule has 21 heteroatoms. The van der Waals surface area contributed by atoms with Crippen LogP contribution >= 0.6 is 12.6 Å². The molecule has 0 aliphatic rings. The predicted octanol–water partition coefficient (Wildman–Crippen LogP) is -4.81. The lowest BCUT2D eigenvalue weighted by Crippen LogP contribution is -2.60. The van der Waals surface area contributed by atoms with E-state index in [1.165, 1.54) is 24.3 Å². The second kappa shape index (κ2) is 24.5. The highest BCUT2D eigenvalue weighted by atomic mass is 32.1. The summed E-state index contributed by atoms with van der Waals surface area (Å²) in [6.45, 7) is 0.224. The zero-order valence-electron chi connectivity index (χ0n) is 29.0. The first-order valence-electron chi connectivity index (χ1n) is 16.7. The van der Waals surface area contributed by atoms with Crippen molar-refractivity contribution < 1.29 is 39.0 Å². The first kappa shape index (κ1) is 45.3. The van der Waals surface area contributed by atoms with E-state index in [1.807, 2.05) is 0 Å². The van der Waals surface area contributed by atoms with Gasteiger partial charge in [-0.2, -0.15) is 12.6 Å². The number of aliphatic imine (C=N–C) groups is 1. The number of aromatic hydroxyl groups is 1. The Bertz CT molecular complexity index is 1350. The highest BCUT2D eigenvalue weighted by Gasteiger charge is 2.32. The molecule has 52 heavy (non-hydrogen) atoms. The van der Waals surface area contributed by atoms with E-state index < -0.39 is 71.8 Å². The topological polar surface area (TPSA) is 372 Å². The van der Waals surface area contributed by atoms with Crippen LogP contribution in [0.25, 0.3) is 0 Å². The van der Waals surface area contributed by atoms with E-state index in [0.717, 1.165) is 0 Å². The van der Waals surface area contributed by atoms with Crippen LogP contribution in [0, 0.1) is 0 Å². The van der Waals surface area contributed by atoms with Crippen molar-refractivity contribution in [1.82, 2.24) is 26.6 Å². The number of hydrogen-bond donors (Lipinski definition) is 14. The van der Waals surface area contributed by atoms with E-state index in [4.69, 9.17) is 34.4 Å². The fourth-order valence-corrected chi connectivity index (χ4v) is 4.96. The van der Waals surface area contributed by atoms with Crippen LogP contribution in [0.2, 0.25) is 0 Å². The smallest absolute Gasteiger partial charge is 0.326 e. The normalized spacial score (nSPS) is 14.3. The highest BCUT2D eigenvalue weighted by molar-refractivity contribution is 7.80. The molecular weight excluding hydrogens is 700 g/mol. The number of carbonyl (C=O) groups excluding carboxylic acids is 5. The van der Waals surface area contributed by atoms with Gasteiger partial charge in [-0.1, -0.05) is 12.1 Å². The number of carboxylic acid groups (broad SMARTS) is 1. The third-order valence-corrected chi connectivity index (χ3v) is 8.01. The van der Waals surface area contributed by atoms with Crippen LogP contribution < -0.4 is 61.0 Å². The summed E-state index contributed by atoms with van der Waals surface area (Å²) in [5.41, 5.74) is 33.7. The summed E-state index contributed by atoms with van der Waals surface area (Å²) < 4.78 is 0. The van der Waals surface area contributed by atoms with Gasteiger partial charge in [0, 0.05) is 25.3 Å². The first-order chi connectivity index (χ1) is 24.7. The molecule has 0 spiro atoms. The average molecular weight is 755 g/mol. The second-order valence-electron chi connectivity index (χ2n) is 11.9. The number of carbonyl (C=O) groups is 6. The van der Waals surface area contributed by atoms with Gasteiger partial charge in [-0.05, 0) is 69.3 Å². The minimum absolute atomic E-state index is 0.0232. The highest BCUT2D eigenvalue weighted by Crippen LogP contribution is 2.12. The van der Waals surface area contributed by atoms with Crippen LogP contribution in [0.1, 0.15) is 44.1 Å². The summed E-state index contributed by atoms with van der Waals surface area (Å²) in [7, 11) is 0. The van der Waals surface area contributed by atoms with Crippen LogP contribution in [0.5, 0.6) is 5.75 Å². The van der Waals surface area contributed by atoms with E-state index in [-0.39, 0.29) is 69.2 Å². The molecule has 1 rings (SSSR count). The molecule has 0 saturated carbocycles. The molecule has 20 nitrogen and oxygen atoms in total. The molecule has 0 aliphatic carbocycles. The Morgan fingerprint density at radius 2 is 1.15 bits per heavy atom. The molecule has 0 radical (unpaired) electrons. The molecule has 0 bridgehead atoms. The van der Waals surface area contributed by atoms with Crippen LogP contribution in [0.3, 0.4) is 0 Å². The number of phenols is 1. The first-order valence-corrected chi connectivity index (χ1v) is 17.3. The van der Waals surface area contributed by atoms with Gasteiger partial charge in [-0.25, -0.2) is 4.79 Å². The Morgan fingerprint density at radius 3 is 1.63 bits per heavy atom. The molecule has 6 atom stereocenters. The van der Waals surface area contributed by atoms with Gasteiger partial charge in [0.25, 0.3) is 0 Å². The van der Waals surface area contributed by atoms with E-state index >= 15 is 0 Å². The third kappa shape index (κ3) is 17.0. The summed E-state index contributed by atoms with van der Waals surface area (Å²) in [5, 5.41) is 31.9. The minimum Gasteiger partial charge on any atom is -0.508 e. The number of unbranched alkanes of at least 4 members (excludes halogenated alkanes) is 1. The molecule has 0 fully saturated rings. The second-order valence-corrected chi connectivity index (χ2v) is 12.2. The van der Waals surface area contributed by atoms with Gasteiger partial charge in [0.2, 0.25) is 29.5 Å². The quantitative estimate of drug-likeness (QED) is 0.0193. The number of nitrogens with zero attached hydrogens (tertiary/aromatic N) is 1. The number of hydrogen-bond acceptors (Lipinski definition) is 13. The molecule has 5 amide bonds. The molecule has 0 aromatic heterocycles. The van der Waals surface area contributed by atoms with Crippen molar-refractivity contribution >= 4 is 54.1 Å². The fraction of sp³-hybridized carbons (Fsp3) is 0.581. The summed E-state index contributed by atoms with van der Waals surface area (Å²) in [4.78, 5) is 81.7. The standard InChI is InChI=1S/C31H54N12O8S/c32-11-2-1-4-20(39-25(45)19(35)15-34)27(47)43-24(16-52)29(49)41-22(10-12-33)28(48)40-21(5-3-13-38-31(36)37)26(46)42-23(30(50)51)14-17-6-8-18(44)9-7-17/h6-9,19-24,44,52H,1-5,10-16,32-35H2,(H,39,45)(H,40,48)(H,41,49)(H,42,46)(H,43,47)(H,50,51)(H4,36,37,38)/t19-,20-,21-,22-,23-,24-/m0/s1. The van der Waals surface area contributed by atoms with E-state index in [2.05, 4.69) is 44.2 Å². The van der Waals surface area contributed by atoms with Crippen molar-refractivity contribution in [2.45, 2.75) is 81.2 Å². The zero-order valence-corrected chi connectivity index (χ0v) is 29.9. The lowest BCUT2D eigenvalue weighted by atomic mass is 10.0. The van der Waals surface area contributed by atoms with Crippen molar-refractivity contribution in [1.29, 1.82) is 0 Å². The van der Waals surface area contributed by atoms with Gasteiger partial charge in [0.15, 0.2) is 5.96 Å². The predicted molar refractivity (Wildman–Crippen MR) is 196 cm³/mol. The summed E-state index contributed by atoms with van der Waals surface area (Å²) in [5.74, 6) is -5.59. The number of phenolic OH excluding ortho intramolecular Hbond substituents is 1. The number of thiol groups is 1. The summed E-state index contributed by atoms with van der Waals surface area (Å²) in [6, 6.07) is -1.64. The molecule has 0 saturated heterocycles. The van der Waals surface area contributed by atoms with Gasteiger partial charge in [-0.3, -0.25) is 29.0 Å². The minimum atomic E-state index is -1.40. The number of guanidine groups is 1. The molecule has 292 valence electrons. The number of benzene rings is 1. The van der Waals surface area contributed by atoms with Crippen LogP contribution in [-0.2, 0) is 35.2 Å². The largest absolute Gasteiger partial charge is 0.508 e. The molecule has 1 aromatic carbocycles. The Hall–Kier alpha value is -4.70. The number of carboxylic acids is 1. The van der Waals surface area contributed by atoms with Crippen molar-refractivity contribution in [2.24, 2.45) is 39.4 Å². The van der Waals surface area contributed by atoms with E-state index in [1.54, 1.807) is 0 Å². The number of rotatable bonds is 25. The van der Waals surface area contributed by atoms with Gasteiger partial charge >= 0.3 is 5.97 Å². The van der Waals surface area contributed by atoms with Crippen LogP contribution in [-0.4, -0.2) is 120 Å². The fourth-order valence-electron chi connectivity index (χ4n) is 4.71. The molecular formula is C31H54N12O8S. The zero-order chi connectivity index (χ0) is 39.2. The van der Waals surface area contributed by atoms with Gasteiger partial charge in [0.1, 0.15) is 36.0 Å². The Labute approximate surface area is 307 Å². The monoisotopic (exact) mass is 754 g/mol. The van der Waals surface area contributed by atoms with Gasteiger partial charge in [0.05, 0.1) is 6.04 Å². The molecule has 0 unspecified atom stereocenters. The molecule has 0 aliphatic heterocycles. The number of nitrogens with two attached hydrogens (primary N) is 6. The third-order valence-electron chi connectivity index (χ3n) is 7.64. The maximum Gasteiger partial charge on any atom is 0.326 e. The van der Waals surface area contributed by atoms with Crippen molar-refractivity contribution in [3.8, 4) is 5.75 Å². The van der Waals surface area contributed by atoms with Crippen molar-refractivity contribution in [3.05, 3.63) is 29.8 Å². The molecule has 1 aromatic rings. The molecule has 0 heterocycles. The summed E-state index contributed by atoms with van der Waals surface area (Å²) >= 11 is 4.18. The van der Waals surface area contributed by atoms with Crippen molar-refractivity contribution in [3.63, 3.8) is 0 Å². The average Bonchev–Trinajstić information content (AvgIpc) is 3.10. The lowest BCUT2D eigenvalue weighted by Gasteiger charge is -2.26. The summed E-state index contributed by atoms with van der Waals surface area (Å²) in [6.07, 6.45) is 1.20. The van der Waals surface area contributed by atoms with Gasteiger partial charge in [-0.15, -0.1) is 0 Å². The van der Waals surface area contributed by atoms with Gasteiger partial charge < -0.3 is 71.2 Å². The lowest BCUT2D eigenvalue weighted by molar-refractivity contribution is -0.142. The maximum atomic E-state index is 13.5. The Morgan fingerprint density at radius 1 is 0.673 bits per heavy atom. The van der Waals surface area contributed by atoms with Crippen LogP contribution in [0.15, 0.2) is 29.3 Å². The molecule has 19 N–H and O–H groups in total. The number of amides is 5. The van der Waals surface area contributed by atoms with Crippen LogP contribution in [0.4, 0.5) is 0 Å².